The Balaban J connectivity index is 1.24. The average molecular weight is 414 g/mol. The molecule has 2 saturated heterocycles. The zero-order valence-electron chi connectivity index (χ0n) is 16.6. The van der Waals surface area contributed by atoms with Gasteiger partial charge in [-0.1, -0.05) is 0 Å². The van der Waals surface area contributed by atoms with Crippen molar-refractivity contribution in [1.29, 1.82) is 0 Å². The van der Waals surface area contributed by atoms with Crippen LogP contribution in [0.15, 0.2) is 24.4 Å². The van der Waals surface area contributed by atoms with E-state index in [2.05, 4.69) is 20.1 Å². The number of anilines is 4. The molecule has 9 heteroatoms. The van der Waals surface area contributed by atoms with Crippen LogP contribution in [0.4, 0.5) is 31.7 Å². The normalized spacial score (nSPS) is 21.4. The van der Waals surface area contributed by atoms with Crippen LogP contribution in [-0.2, 0) is 11.3 Å². The van der Waals surface area contributed by atoms with E-state index in [0.717, 1.165) is 49.5 Å². The van der Waals surface area contributed by atoms with E-state index >= 15 is 0 Å². The van der Waals surface area contributed by atoms with Crippen LogP contribution in [0.5, 0.6) is 0 Å². The van der Waals surface area contributed by atoms with Crippen molar-refractivity contribution in [2.24, 2.45) is 0 Å². The van der Waals surface area contributed by atoms with Crippen LogP contribution >= 0.6 is 0 Å². The molecule has 2 fully saturated rings. The summed E-state index contributed by atoms with van der Waals surface area (Å²) in [5.41, 5.74) is 7.24. The van der Waals surface area contributed by atoms with Crippen molar-refractivity contribution >= 4 is 28.8 Å². The molecule has 0 radical (unpaired) electrons. The first-order valence-electron chi connectivity index (χ1n) is 10.3. The Morgan fingerprint density at radius 1 is 1.10 bits per heavy atom. The van der Waals surface area contributed by atoms with Crippen molar-refractivity contribution in [3.05, 3.63) is 41.6 Å². The fraction of sp³-hybridized carbons (Fsp3) is 0.429. The monoisotopic (exact) mass is 414 g/mol. The number of halogens is 2. The topological polar surface area (TPSA) is 77.7 Å². The van der Waals surface area contributed by atoms with E-state index in [1.165, 1.54) is 12.1 Å². The van der Waals surface area contributed by atoms with Crippen LogP contribution in [0.25, 0.3) is 0 Å². The van der Waals surface area contributed by atoms with E-state index < -0.39 is 17.3 Å². The zero-order valence-corrected chi connectivity index (χ0v) is 16.6. The quantitative estimate of drug-likeness (QED) is 0.750. The van der Waals surface area contributed by atoms with E-state index in [0.29, 0.717) is 25.3 Å². The number of piperazine rings is 1. The Morgan fingerprint density at radius 2 is 1.83 bits per heavy atom. The first-order valence-corrected chi connectivity index (χ1v) is 10.3. The summed E-state index contributed by atoms with van der Waals surface area (Å²) in [6, 6.07) is 4.49. The highest BCUT2D eigenvalue weighted by Gasteiger charge is 2.37. The number of carbonyl (C=O) groups excluding carboxylic acids is 1. The molecule has 158 valence electrons. The summed E-state index contributed by atoms with van der Waals surface area (Å²) in [5.74, 6) is -0.543. The van der Waals surface area contributed by atoms with Gasteiger partial charge in [0.05, 0.1) is 5.69 Å². The number of hydrogen-bond donors (Lipinski definition) is 2. The molecule has 0 saturated carbocycles. The predicted molar refractivity (Wildman–Crippen MR) is 111 cm³/mol. The highest BCUT2D eigenvalue weighted by atomic mass is 19.1. The highest BCUT2D eigenvalue weighted by molar-refractivity contribution is 6.03. The number of nitrogen functional groups attached to an aromatic ring is 1. The molecule has 0 spiro atoms. The summed E-state index contributed by atoms with van der Waals surface area (Å²) in [6.45, 7) is 4.40. The third-order valence-corrected chi connectivity index (χ3v) is 6.22. The van der Waals surface area contributed by atoms with Crippen LogP contribution in [0.1, 0.15) is 18.4 Å². The van der Waals surface area contributed by atoms with Gasteiger partial charge in [-0.25, -0.2) is 13.8 Å². The maximum atomic E-state index is 13.8. The highest BCUT2D eigenvalue weighted by Crippen LogP contribution is 2.35. The molecular weight excluding hydrogens is 390 g/mol. The summed E-state index contributed by atoms with van der Waals surface area (Å²) in [4.78, 5) is 23.3. The standard InChI is InChI=1S/C21H24F2N6O/c22-15-9-14(10-16(23)19(15)24)28-6-4-27(5-7-28)12-13-8-17-20(25-11-13)29-3-1-2-18(29)21(30)26-17/h8-11,18H,1-7,12,24H2,(H,26,30). The lowest BCUT2D eigenvalue weighted by Crippen LogP contribution is -2.46. The van der Waals surface area contributed by atoms with E-state index in [9.17, 15) is 13.6 Å². The molecular formula is C21H24F2N6O. The van der Waals surface area contributed by atoms with Crippen molar-refractivity contribution in [2.75, 3.05) is 53.6 Å². The van der Waals surface area contributed by atoms with Crippen LogP contribution in [-0.4, -0.2) is 54.6 Å². The van der Waals surface area contributed by atoms with Crippen LogP contribution in [0, 0.1) is 11.6 Å². The van der Waals surface area contributed by atoms with Gasteiger partial charge in [0, 0.05) is 51.2 Å². The lowest BCUT2D eigenvalue weighted by Gasteiger charge is -2.36. The molecule has 0 aliphatic carbocycles. The molecule has 7 nitrogen and oxygen atoms in total. The number of nitrogens with two attached hydrogens (primary N) is 1. The van der Waals surface area contributed by atoms with E-state index in [1.54, 1.807) is 0 Å². The summed E-state index contributed by atoms with van der Waals surface area (Å²) < 4.78 is 27.5. The number of benzene rings is 1. The van der Waals surface area contributed by atoms with E-state index in [4.69, 9.17) is 5.73 Å². The number of hydrogen-bond acceptors (Lipinski definition) is 6. The van der Waals surface area contributed by atoms with Gasteiger partial charge in [-0.05, 0) is 36.6 Å². The Bertz CT molecular complexity index is 968. The number of amides is 1. The second-order valence-electron chi connectivity index (χ2n) is 8.14. The molecule has 30 heavy (non-hydrogen) atoms. The number of nitrogens with zero attached hydrogens (tertiary/aromatic N) is 4. The van der Waals surface area contributed by atoms with Crippen molar-refractivity contribution in [2.45, 2.75) is 25.4 Å². The minimum absolute atomic E-state index is 0.0514. The number of pyridine rings is 1. The minimum Gasteiger partial charge on any atom is -0.394 e. The summed E-state index contributed by atoms with van der Waals surface area (Å²) in [5, 5.41) is 3.00. The summed E-state index contributed by atoms with van der Waals surface area (Å²) >= 11 is 0. The predicted octanol–water partition coefficient (Wildman–Crippen LogP) is 2.19. The Kier molecular flexibility index (Phi) is 4.69. The Hall–Kier alpha value is -2.94. The smallest absolute Gasteiger partial charge is 0.247 e. The number of aromatic nitrogens is 1. The molecule has 1 atom stereocenters. The van der Waals surface area contributed by atoms with Crippen molar-refractivity contribution in [3.63, 3.8) is 0 Å². The molecule has 2 aromatic rings. The van der Waals surface area contributed by atoms with Crippen molar-refractivity contribution in [3.8, 4) is 0 Å². The third kappa shape index (κ3) is 3.32. The van der Waals surface area contributed by atoms with Crippen molar-refractivity contribution in [1.82, 2.24) is 9.88 Å². The zero-order chi connectivity index (χ0) is 20.8. The van der Waals surface area contributed by atoms with Crippen LogP contribution in [0.3, 0.4) is 0 Å². The summed E-state index contributed by atoms with van der Waals surface area (Å²) in [6.07, 6.45) is 3.76. The molecule has 4 heterocycles. The molecule has 0 bridgehead atoms. The number of fused-ring (bicyclic) bond motifs is 3. The lowest BCUT2D eigenvalue weighted by molar-refractivity contribution is -0.117. The molecule has 3 aliphatic rings. The molecule has 1 aromatic heterocycles. The fourth-order valence-electron chi connectivity index (χ4n) is 4.59. The largest absolute Gasteiger partial charge is 0.394 e. The Morgan fingerprint density at radius 3 is 2.57 bits per heavy atom. The van der Waals surface area contributed by atoms with E-state index in [1.807, 2.05) is 17.2 Å². The van der Waals surface area contributed by atoms with Gasteiger partial charge in [-0.3, -0.25) is 9.69 Å². The molecule has 3 N–H and O–H groups in total. The minimum atomic E-state index is -0.727. The van der Waals surface area contributed by atoms with Gasteiger partial charge in [-0.15, -0.1) is 0 Å². The maximum absolute atomic E-state index is 13.8. The van der Waals surface area contributed by atoms with Gasteiger partial charge >= 0.3 is 0 Å². The van der Waals surface area contributed by atoms with Gasteiger partial charge in [0.15, 0.2) is 17.5 Å². The van der Waals surface area contributed by atoms with Gasteiger partial charge in [0.25, 0.3) is 0 Å². The van der Waals surface area contributed by atoms with Crippen LogP contribution in [0.2, 0.25) is 0 Å². The fourth-order valence-corrected chi connectivity index (χ4v) is 4.59. The molecule has 1 amide bonds. The first kappa shape index (κ1) is 19.0. The van der Waals surface area contributed by atoms with Crippen molar-refractivity contribution < 1.29 is 13.6 Å². The third-order valence-electron chi connectivity index (χ3n) is 6.22. The average Bonchev–Trinajstić information content (AvgIpc) is 3.23. The SMILES string of the molecule is Nc1c(F)cc(N2CCN(Cc3cnc4c(c3)NC(=O)C3CCCN43)CC2)cc1F. The van der Waals surface area contributed by atoms with Crippen LogP contribution < -0.4 is 20.9 Å². The van der Waals surface area contributed by atoms with Gasteiger partial charge in [0.2, 0.25) is 5.91 Å². The second-order valence-corrected chi connectivity index (χ2v) is 8.14. The number of carbonyl (C=O) groups is 1. The van der Waals surface area contributed by atoms with Gasteiger partial charge in [0.1, 0.15) is 11.7 Å². The Labute approximate surface area is 173 Å². The second kappa shape index (κ2) is 7.39. The summed E-state index contributed by atoms with van der Waals surface area (Å²) in [7, 11) is 0. The molecule has 1 aromatic carbocycles. The van der Waals surface area contributed by atoms with Gasteiger partial charge < -0.3 is 20.9 Å². The first-order chi connectivity index (χ1) is 14.5. The van der Waals surface area contributed by atoms with Gasteiger partial charge in [-0.2, -0.15) is 0 Å². The molecule has 3 aliphatic heterocycles. The molecule has 1 unspecified atom stereocenters. The maximum Gasteiger partial charge on any atom is 0.247 e. The van der Waals surface area contributed by atoms with E-state index in [-0.39, 0.29) is 11.9 Å². The molecule has 5 rings (SSSR count). The number of rotatable bonds is 3. The lowest BCUT2D eigenvalue weighted by atomic mass is 10.1. The number of nitrogens with one attached hydrogen (secondary N) is 1.